The smallest absolute Gasteiger partial charge is 0.328 e. The summed E-state index contributed by atoms with van der Waals surface area (Å²) >= 11 is 0. The Labute approximate surface area is 155 Å². The molecule has 0 amide bonds. The van der Waals surface area contributed by atoms with E-state index in [0.717, 1.165) is 35.3 Å². The lowest BCUT2D eigenvalue weighted by Gasteiger charge is -2.57. The number of quaternary nitrogens is 1. The average Bonchev–Trinajstić information content (AvgIpc) is 2.82. The van der Waals surface area contributed by atoms with Crippen LogP contribution in [0.4, 0.5) is 0 Å². The highest BCUT2D eigenvalue weighted by Gasteiger charge is 2.54. The molecular weight excluding hydrogens is 322 g/mol. The van der Waals surface area contributed by atoms with Crippen LogP contribution in [-0.4, -0.2) is 15.2 Å². The van der Waals surface area contributed by atoms with Gasteiger partial charge in [-0.3, -0.25) is 9.13 Å². The highest BCUT2D eigenvalue weighted by atomic mass is 16.1. The first-order chi connectivity index (χ1) is 12.4. The van der Waals surface area contributed by atoms with Gasteiger partial charge in [0.25, 0.3) is 0 Å². The van der Waals surface area contributed by atoms with E-state index in [1.165, 1.54) is 44.1 Å². The largest absolute Gasteiger partial charge is 0.340 e. The number of benzene rings is 1. The van der Waals surface area contributed by atoms with Crippen LogP contribution in [-0.2, 0) is 20.6 Å². The topological polar surface area (TPSA) is 43.5 Å². The molecule has 0 spiro atoms. The summed E-state index contributed by atoms with van der Waals surface area (Å²) in [5, 5.41) is 2.58. The quantitative estimate of drug-likeness (QED) is 0.901. The first-order valence-electron chi connectivity index (χ1n) is 10.4. The van der Waals surface area contributed by atoms with E-state index in [2.05, 4.69) is 30.4 Å². The number of rotatable bonds is 4. The number of hydrogen-bond donors (Lipinski definition) is 1. The van der Waals surface area contributed by atoms with Crippen LogP contribution in [0.1, 0.15) is 51.0 Å². The molecule has 4 heteroatoms. The van der Waals surface area contributed by atoms with E-state index in [1.54, 1.807) is 9.13 Å². The third-order valence-electron chi connectivity index (χ3n) is 8.10. The molecule has 1 aromatic carbocycles. The summed E-state index contributed by atoms with van der Waals surface area (Å²) in [7, 11) is 3.72. The van der Waals surface area contributed by atoms with E-state index >= 15 is 0 Å². The summed E-state index contributed by atoms with van der Waals surface area (Å²) in [6.45, 7) is 3.49. The molecule has 4 aliphatic rings. The van der Waals surface area contributed by atoms with Crippen molar-refractivity contribution in [3.8, 4) is 0 Å². The average molecular weight is 355 g/mol. The summed E-state index contributed by atoms with van der Waals surface area (Å²) in [4.78, 5) is 12.1. The van der Waals surface area contributed by atoms with Crippen molar-refractivity contribution in [1.29, 1.82) is 0 Å². The normalized spacial score (nSPS) is 33.9. The second-order valence-corrected chi connectivity index (χ2v) is 9.73. The van der Waals surface area contributed by atoms with Gasteiger partial charge in [0, 0.05) is 25.1 Å². The Bertz CT molecular complexity index is 871. The van der Waals surface area contributed by atoms with Crippen molar-refractivity contribution >= 4 is 11.0 Å². The minimum absolute atomic E-state index is 0.0584. The zero-order valence-electron chi connectivity index (χ0n) is 16.4. The molecule has 0 unspecified atom stereocenters. The molecule has 1 aromatic heterocycles. The van der Waals surface area contributed by atoms with Crippen molar-refractivity contribution in [3.63, 3.8) is 0 Å². The fraction of sp³-hybridized carbons (Fsp3) is 0.682. The molecule has 4 fully saturated rings. The van der Waals surface area contributed by atoms with Crippen molar-refractivity contribution in [2.45, 2.75) is 58.0 Å². The Balaban J connectivity index is 1.34. The van der Waals surface area contributed by atoms with Gasteiger partial charge in [-0.1, -0.05) is 6.07 Å². The van der Waals surface area contributed by atoms with Crippen molar-refractivity contribution < 1.29 is 5.32 Å². The van der Waals surface area contributed by atoms with Crippen LogP contribution in [0, 0.1) is 23.2 Å². The molecule has 26 heavy (non-hydrogen) atoms. The molecule has 6 rings (SSSR count). The lowest BCUT2D eigenvalue weighted by Crippen LogP contribution is -2.91. The summed E-state index contributed by atoms with van der Waals surface area (Å²) in [6, 6.07) is 7.21. The minimum Gasteiger partial charge on any atom is -0.340 e. The Morgan fingerprint density at radius 3 is 2.23 bits per heavy atom. The van der Waals surface area contributed by atoms with Gasteiger partial charge in [-0.05, 0) is 75.3 Å². The predicted molar refractivity (Wildman–Crippen MR) is 104 cm³/mol. The highest BCUT2D eigenvalue weighted by Crippen LogP contribution is 2.60. The maximum absolute atomic E-state index is 12.1. The zero-order chi connectivity index (χ0) is 18.1. The van der Waals surface area contributed by atoms with Gasteiger partial charge >= 0.3 is 5.69 Å². The number of fused-ring (bicyclic) bond motifs is 1. The Morgan fingerprint density at radius 1 is 1.04 bits per heavy atom. The number of aromatic nitrogens is 2. The molecular formula is C22H32N3O+. The molecule has 1 atom stereocenters. The van der Waals surface area contributed by atoms with E-state index in [4.69, 9.17) is 0 Å². The summed E-state index contributed by atoms with van der Waals surface area (Å²) in [5.74, 6) is 3.06. The molecule has 2 aromatic rings. The van der Waals surface area contributed by atoms with Crippen LogP contribution in [0.15, 0.2) is 23.0 Å². The molecule has 1 heterocycles. The summed E-state index contributed by atoms with van der Waals surface area (Å²) in [6.07, 6.45) is 8.98. The molecule has 4 saturated carbocycles. The molecule has 0 aliphatic heterocycles. The van der Waals surface area contributed by atoms with Crippen LogP contribution in [0.2, 0.25) is 0 Å². The van der Waals surface area contributed by atoms with Crippen LogP contribution in [0.25, 0.3) is 11.0 Å². The lowest BCUT2D eigenvalue weighted by atomic mass is 9.48. The van der Waals surface area contributed by atoms with Crippen molar-refractivity contribution in [3.05, 3.63) is 34.2 Å². The monoisotopic (exact) mass is 354 g/mol. The van der Waals surface area contributed by atoms with Gasteiger partial charge in [0.15, 0.2) is 0 Å². The first-order valence-corrected chi connectivity index (χ1v) is 10.4. The van der Waals surface area contributed by atoms with E-state index in [9.17, 15) is 4.79 Å². The van der Waals surface area contributed by atoms with Gasteiger partial charge in [-0.25, -0.2) is 4.79 Å². The molecule has 4 aliphatic carbocycles. The third-order valence-corrected chi connectivity index (χ3v) is 8.10. The Morgan fingerprint density at radius 2 is 1.62 bits per heavy atom. The third kappa shape index (κ3) is 2.41. The maximum Gasteiger partial charge on any atom is 0.328 e. The SMILES string of the molecule is C[C@H]([NH2+]Cc1ccc2c(c1)n(C)c(=O)n2C)C12CC3CC(CC(C3)C1)C2. The standard InChI is InChI=1S/C22H31N3O/c1-14(22-10-16-6-17(11-22)8-18(7-16)12-22)23-13-15-4-5-19-20(9-15)25(3)21(26)24(19)2/h4-5,9,14,16-18,23H,6-8,10-13H2,1-3H3/p+1/t14-,16?,17?,18?,22?/m0/s1. The van der Waals surface area contributed by atoms with E-state index in [-0.39, 0.29) is 5.69 Å². The molecule has 0 radical (unpaired) electrons. The molecule has 4 nitrogen and oxygen atoms in total. The van der Waals surface area contributed by atoms with E-state index in [0.29, 0.717) is 11.5 Å². The van der Waals surface area contributed by atoms with Gasteiger partial charge < -0.3 is 5.32 Å². The molecule has 140 valence electrons. The second kappa shape index (κ2) is 5.72. The number of aryl methyl sites for hydroxylation is 2. The van der Waals surface area contributed by atoms with Crippen molar-refractivity contribution in [1.82, 2.24) is 9.13 Å². The molecule has 0 saturated heterocycles. The fourth-order valence-electron chi connectivity index (χ4n) is 6.98. The Hall–Kier alpha value is -1.55. The molecule has 4 bridgehead atoms. The van der Waals surface area contributed by atoms with E-state index in [1.807, 2.05) is 14.1 Å². The first kappa shape index (κ1) is 16.6. The number of imidazole rings is 1. The number of nitrogens with zero attached hydrogens (tertiary/aromatic N) is 2. The van der Waals surface area contributed by atoms with Crippen LogP contribution in [0.5, 0.6) is 0 Å². The van der Waals surface area contributed by atoms with Crippen LogP contribution in [0.3, 0.4) is 0 Å². The summed E-state index contributed by atoms with van der Waals surface area (Å²) in [5.41, 5.74) is 4.05. The van der Waals surface area contributed by atoms with Gasteiger partial charge in [0.2, 0.25) is 0 Å². The highest BCUT2D eigenvalue weighted by molar-refractivity contribution is 5.76. The number of nitrogens with two attached hydrogens (primary N) is 1. The van der Waals surface area contributed by atoms with Gasteiger partial charge in [0.05, 0.1) is 17.1 Å². The van der Waals surface area contributed by atoms with Crippen LogP contribution < -0.4 is 11.0 Å². The Kier molecular flexibility index (Phi) is 3.66. The van der Waals surface area contributed by atoms with Gasteiger partial charge in [0.1, 0.15) is 6.54 Å². The second-order valence-electron chi connectivity index (χ2n) is 9.73. The van der Waals surface area contributed by atoms with Gasteiger partial charge in [-0.15, -0.1) is 0 Å². The zero-order valence-corrected chi connectivity index (χ0v) is 16.4. The minimum atomic E-state index is 0.0584. The summed E-state index contributed by atoms with van der Waals surface area (Å²) < 4.78 is 3.50. The van der Waals surface area contributed by atoms with E-state index < -0.39 is 0 Å². The molecule has 2 N–H and O–H groups in total. The lowest BCUT2D eigenvalue weighted by molar-refractivity contribution is -0.717. The number of hydrogen-bond acceptors (Lipinski definition) is 1. The van der Waals surface area contributed by atoms with Crippen molar-refractivity contribution in [2.75, 3.05) is 0 Å². The maximum atomic E-state index is 12.1. The fourth-order valence-corrected chi connectivity index (χ4v) is 6.98. The van der Waals surface area contributed by atoms with Gasteiger partial charge in [-0.2, -0.15) is 0 Å². The van der Waals surface area contributed by atoms with Crippen LogP contribution >= 0.6 is 0 Å². The predicted octanol–water partition coefficient (Wildman–Crippen LogP) is 2.55. The van der Waals surface area contributed by atoms with Crippen molar-refractivity contribution in [2.24, 2.45) is 37.3 Å².